The van der Waals surface area contributed by atoms with E-state index in [0.29, 0.717) is 23.7 Å². The van der Waals surface area contributed by atoms with Crippen molar-refractivity contribution < 1.29 is 9.34 Å². The van der Waals surface area contributed by atoms with E-state index in [0.717, 1.165) is 0 Å². The number of nitro benzene ring substituents is 1. The van der Waals surface area contributed by atoms with Crippen LogP contribution in [-0.4, -0.2) is 9.91 Å². The number of anilines is 1. The van der Waals surface area contributed by atoms with Gasteiger partial charge in [-0.3, -0.25) is 10.1 Å². The van der Waals surface area contributed by atoms with Gasteiger partial charge in [0.05, 0.1) is 11.0 Å². The zero-order valence-corrected chi connectivity index (χ0v) is 11.4. The molecule has 0 spiro atoms. The number of non-ortho nitro benzene ring substituents is 1. The largest absolute Gasteiger partial charge is 0.423 e. The van der Waals surface area contributed by atoms with Crippen molar-refractivity contribution in [1.82, 2.24) is 4.98 Å². The first-order valence-corrected chi connectivity index (χ1v) is 6.88. The smallest absolute Gasteiger partial charge is 0.295 e. The molecule has 1 aromatic carbocycles. The molecule has 0 aliphatic rings. The van der Waals surface area contributed by atoms with Gasteiger partial charge in [0.1, 0.15) is 5.52 Å². The molecular formula is C13H11N3O3S. The van der Waals surface area contributed by atoms with Gasteiger partial charge in [-0.25, -0.2) is 0 Å². The summed E-state index contributed by atoms with van der Waals surface area (Å²) in [6.45, 7) is 2.66. The number of hydrogen-bond acceptors (Lipinski definition) is 6. The van der Waals surface area contributed by atoms with Gasteiger partial charge >= 0.3 is 0 Å². The molecule has 102 valence electrons. The van der Waals surface area contributed by atoms with Crippen LogP contribution < -0.4 is 5.32 Å². The van der Waals surface area contributed by atoms with Crippen molar-refractivity contribution >= 4 is 34.1 Å². The van der Waals surface area contributed by atoms with E-state index in [1.807, 2.05) is 6.92 Å². The van der Waals surface area contributed by atoms with Gasteiger partial charge in [-0.05, 0) is 34.9 Å². The Labute approximate surface area is 118 Å². The molecular weight excluding hydrogens is 278 g/mol. The molecule has 6 nitrogen and oxygen atoms in total. The van der Waals surface area contributed by atoms with Crippen molar-refractivity contribution in [2.45, 2.75) is 13.5 Å². The molecule has 0 amide bonds. The van der Waals surface area contributed by atoms with Crippen LogP contribution in [0.2, 0.25) is 0 Å². The Bertz CT molecular complexity index is 778. The molecule has 3 aromatic rings. The molecule has 0 aliphatic carbocycles. The highest BCUT2D eigenvalue weighted by Gasteiger charge is 2.11. The molecule has 0 bridgehead atoms. The van der Waals surface area contributed by atoms with Crippen LogP contribution in [0.4, 0.5) is 11.7 Å². The Morgan fingerprint density at radius 2 is 2.30 bits per heavy atom. The summed E-state index contributed by atoms with van der Waals surface area (Å²) in [5.41, 5.74) is 3.40. The summed E-state index contributed by atoms with van der Waals surface area (Å²) in [5.74, 6) is 0. The molecule has 0 saturated heterocycles. The van der Waals surface area contributed by atoms with Crippen molar-refractivity contribution in [2.24, 2.45) is 0 Å². The highest BCUT2D eigenvalue weighted by Crippen LogP contribution is 2.24. The summed E-state index contributed by atoms with van der Waals surface area (Å²) >= 11 is 1.65. The standard InChI is InChI=1S/C13H11N3O3S/c1-8-6-20-7-9(8)5-14-13-15-11-3-2-10(16(17)18)4-12(11)19-13/h2-4,6-7H,5H2,1H3,(H,14,15). The molecule has 3 rings (SSSR count). The molecule has 7 heteroatoms. The average molecular weight is 289 g/mol. The summed E-state index contributed by atoms with van der Waals surface area (Å²) < 4.78 is 5.47. The number of aromatic nitrogens is 1. The fourth-order valence-corrected chi connectivity index (χ4v) is 2.70. The number of rotatable bonds is 4. The molecule has 2 aromatic heterocycles. The monoisotopic (exact) mass is 289 g/mol. The average Bonchev–Trinajstić information content (AvgIpc) is 3.00. The molecule has 20 heavy (non-hydrogen) atoms. The molecule has 0 radical (unpaired) electrons. The maximum absolute atomic E-state index is 10.7. The third-order valence-electron chi connectivity index (χ3n) is 2.97. The fraction of sp³-hybridized carbons (Fsp3) is 0.154. The Balaban J connectivity index is 1.82. The van der Waals surface area contributed by atoms with Crippen LogP contribution in [0.15, 0.2) is 33.4 Å². The van der Waals surface area contributed by atoms with Crippen molar-refractivity contribution in [3.63, 3.8) is 0 Å². The maximum atomic E-state index is 10.7. The normalized spacial score (nSPS) is 10.8. The van der Waals surface area contributed by atoms with Gasteiger partial charge in [-0.1, -0.05) is 0 Å². The number of fused-ring (bicyclic) bond motifs is 1. The lowest BCUT2D eigenvalue weighted by molar-refractivity contribution is -0.384. The Morgan fingerprint density at radius 3 is 3.00 bits per heavy atom. The van der Waals surface area contributed by atoms with Crippen LogP contribution >= 0.6 is 11.3 Å². The number of hydrogen-bond donors (Lipinski definition) is 1. The van der Waals surface area contributed by atoms with Crippen LogP contribution in [0, 0.1) is 17.0 Å². The van der Waals surface area contributed by atoms with Crippen molar-refractivity contribution in [3.05, 3.63) is 50.2 Å². The number of nitro groups is 1. The first-order chi connectivity index (χ1) is 9.63. The first-order valence-electron chi connectivity index (χ1n) is 5.94. The Morgan fingerprint density at radius 1 is 1.45 bits per heavy atom. The second kappa shape index (κ2) is 4.93. The lowest BCUT2D eigenvalue weighted by atomic mass is 10.2. The van der Waals surface area contributed by atoms with Crippen LogP contribution in [0.5, 0.6) is 0 Å². The summed E-state index contributed by atoms with van der Waals surface area (Å²) in [5, 5.41) is 17.9. The number of thiophene rings is 1. The summed E-state index contributed by atoms with van der Waals surface area (Å²) in [7, 11) is 0. The topological polar surface area (TPSA) is 81.2 Å². The Kier molecular flexibility index (Phi) is 3.11. The van der Waals surface area contributed by atoms with Crippen molar-refractivity contribution in [3.8, 4) is 0 Å². The lowest BCUT2D eigenvalue weighted by Gasteiger charge is -2.00. The van der Waals surface area contributed by atoms with E-state index in [-0.39, 0.29) is 5.69 Å². The number of nitrogens with zero attached hydrogens (tertiary/aromatic N) is 2. The third kappa shape index (κ3) is 2.35. The summed E-state index contributed by atoms with van der Waals surface area (Å²) in [6.07, 6.45) is 0. The van der Waals surface area contributed by atoms with E-state index in [2.05, 4.69) is 21.1 Å². The van der Waals surface area contributed by atoms with Gasteiger partial charge in [-0.2, -0.15) is 16.3 Å². The number of nitrogens with one attached hydrogen (secondary N) is 1. The molecule has 0 saturated carbocycles. The number of oxazole rings is 1. The van der Waals surface area contributed by atoms with Gasteiger partial charge < -0.3 is 9.73 Å². The predicted molar refractivity (Wildman–Crippen MR) is 77.0 cm³/mol. The van der Waals surface area contributed by atoms with Gasteiger partial charge in [0.25, 0.3) is 11.7 Å². The van der Waals surface area contributed by atoms with Crippen LogP contribution in [0.1, 0.15) is 11.1 Å². The minimum absolute atomic E-state index is 0.00567. The van der Waals surface area contributed by atoms with Crippen molar-refractivity contribution in [2.75, 3.05) is 5.32 Å². The quantitative estimate of drug-likeness (QED) is 0.584. The number of aryl methyl sites for hydroxylation is 1. The minimum Gasteiger partial charge on any atom is -0.423 e. The number of benzene rings is 1. The molecule has 0 unspecified atom stereocenters. The first kappa shape index (κ1) is 12.6. The van der Waals surface area contributed by atoms with Crippen LogP contribution in [0.25, 0.3) is 11.1 Å². The van der Waals surface area contributed by atoms with Crippen LogP contribution in [0.3, 0.4) is 0 Å². The summed E-state index contributed by atoms with van der Waals surface area (Å²) in [4.78, 5) is 14.5. The van der Waals surface area contributed by atoms with Gasteiger partial charge in [0.15, 0.2) is 5.58 Å². The van der Waals surface area contributed by atoms with Gasteiger partial charge in [0.2, 0.25) is 0 Å². The predicted octanol–water partition coefficient (Wildman–Crippen LogP) is 3.72. The van der Waals surface area contributed by atoms with Crippen LogP contribution in [-0.2, 0) is 6.54 Å². The van der Waals surface area contributed by atoms with E-state index >= 15 is 0 Å². The second-order valence-electron chi connectivity index (χ2n) is 4.36. The van der Waals surface area contributed by atoms with E-state index in [4.69, 9.17) is 4.42 Å². The molecule has 0 atom stereocenters. The van der Waals surface area contributed by atoms with E-state index in [9.17, 15) is 10.1 Å². The molecule has 1 N–H and O–H groups in total. The van der Waals surface area contributed by atoms with Crippen molar-refractivity contribution in [1.29, 1.82) is 0 Å². The summed E-state index contributed by atoms with van der Waals surface area (Å²) in [6, 6.07) is 4.74. The minimum atomic E-state index is -0.455. The Hall–Kier alpha value is -2.41. The third-order valence-corrected chi connectivity index (χ3v) is 3.88. The maximum Gasteiger partial charge on any atom is 0.295 e. The van der Waals surface area contributed by atoms with Gasteiger partial charge in [-0.15, -0.1) is 0 Å². The highest BCUT2D eigenvalue weighted by atomic mass is 32.1. The second-order valence-corrected chi connectivity index (χ2v) is 5.11. The molecule has 0 fully saturated rings. The SMILES string of the molecule is Cc1cscc1CNc1nc2ccc([N+](=O)[O-])cc2o1. The van der Waals surface area contributed by atoms with E-state index in [1.165, 1.54) is 23.3 Å². The fourth-order valence-electron chi connectivity index (χ4n) is 1.84. The zero-order valence-electron chi connectivity index (χ0n) is 10.6. The highest BCUT2D eigenvalue weighted by molar-refractivity contribution is 7.08. The van der Waals surface area contributed by atoms with E-state index < -0.39 is 4.92 Å². The van der Waals surface area contributed by atoms with Gasteiger partial charge in [0, 0.05) is 12.6 Å². The molecule has 0 aliphatic heterocycles. The molecule has 2 heterocycles. The lowest BCUT2D eigenvalue weighted by Crippen LogP contribution is -1.99. The van der Waals surface area contributed by atoms with E-state index in [1.54, 1.807) is 17.4 Å². The zero-order chi connectivity index (χ0) is 14.1.